The first-order valence-corrected chi connectivity index (χ1v) is 6.62. The summed E-state index contributed by atoms with van der Waals surface area (Å²) >= 11 is 0. The Bertz CT molecular complexity index is 407. The lowest BCUT2D eigenvalue weighted by atomic mass is 9.84. The van der Waals surface area contributed by atoms with Gasteiger partial charge in [0.25, 0.3) is 0 Å². The Labute approximate surface area is 108 Å². The summed E-state index contributed by atoms with van der Waals surface area (Å²) in [7, 11) is 4.03. The second kappa shape index (κ2) is 5.37. The van der Waals surface area contributed by atoms with E-state index in [1.807, 2.05) is 20.2 Å². The predicted molar refractivity (Wildman–Crippen MR) is 70.9 cm³/mol. The normalized spacial score (nSPS) is 27.9. The molecule has 2 atom stereocenters. The standard InChI is InChI=1S/C15H22FNO/c1-17(2)11-13-7-5-9-15(13,18)10-12-6-3-4-8-14(12)16/h3-4,6,8,13,18H,5,7,9-11H2,1-2H3/t13-,15-/m0/s1. The van der Waals surface area contributed by atoms with Crippen LogP contribution in [0.1, 0.15) is 24.8 Å². The minimum atomic E-state index is -0.744. The van der Waals surface area contributed by atoms with E-state index in [1.54, 1.807) is 12.1 Å². The third kappa shape index (κ3) is 2.90. The van der Waals surface area contributed by atoms with Gasteiger partial charge in [0.1, 0.15) is 5.82 Å². The van der Waals surface area contributed by atoms with Crippen molar-refractivity contribution < 1.29 is 9.50 Å². The molecule has 2 rings (SSSR count). The minimum Gasteiger partial charge on any atom is -0.389 e. The van der Waals surface area contributed by atoms with Crippen LogP contribution in [0.15, 0.2) is 24.3 Å². The summed E-state index contributed by atoms with van der Waals surface area (Å²) in [5.41, 5.74) is -0.113. The predicted octanol–water partition coefficient (Wildman–Crippen LogP) is 2.46. The van der Waals surface area contributed by atoms with Gasteiger partial charge in [-0.25, -0.2) is 4.39 Å². The number of halogens is 1. The van der Waals surface area contributed by atoms with Gasteiger partial charge < -0.3 is 10.0 Å². The maximum absolute atomic E-state index is 13.7. The zero-order valence-electron chi connectivity index (χ0n) is 11.2. The molecule has 0 unspecified atom stereocenters. The molecule has 0 aromatic heterocycles. The highest BCUT2D eigenvalue weighted by Gasteiger charge is 2.41. The molecule has 100 valence electrons. The van der Waals surface area contributed by atoms with Crippen molar-refractivity contribution >= 4 is 0 Å². The van der Waals surface area contributed by atoms with Crippen LogP contribution in [0, 0.1) is 11.7 Å². The maximum atomic E-state index is 13.7. The lowest BCUT2D eigenvalue weighted by Crippen LogP contribution is -2.41. The first-order valence-electron chi connectivity index (χ1n) is 6.62. The van der Waals surface area contributed by atoms with Gasteiger partial charge in [-0.3, -0.25) is 0 Å². The molecular formula is C15H22FNO. The lowest BCUT2D eigenvalue weighted by molar-refractivity contribution is -0.00633. The molecule has 1 aromatic carbocycles. The Kier molecular flexibility index (Phi) is 4.03. The van der Waals surface area contributed by atoms with Gasteiger partial charge in [0, 0.05) is 18.9 Å². The number of aliphatic hydroxyl groups is 1. The van der Waals surface area contributed by atoms with Gasteiger partial charge in [0.15, 0.2) is 0 Å². The number of hydrogen-bond donors (Lipinski definition) is 1. The van der Waals surface area contributed by atoms with E-state index in [4.69, 9.17) is 0 Å². The quantitative estimate of drug-likeness (QED) is 0.888. The van der Waals surface area contributed by atoms with Crippen LogP contribution in [-0.4, -0.2) is 36.2 Å². The summed E-state index contributed by atoms with van der Waals surface area (Å²) in [4.78, 5) is 2.10. The van der Waals surface area contributed by atoms with E-state index in [-0.39, 0.29) is 11.7 Å². The van der Waals surface area contributed by atoms with Crippen molar-refractivity contribution in [3.05, 3.63) is 35.6 Å². The summed E-state index contributed by atoms with van der Waals surface area (Å²) in [6.45, 7) is 0.866. The van der Waals surface area contributed by atoms with Crippen LogP contribution >= 0.6 is 0 Å². The molecule has 18 heavy (non-hydrogen) atoms. The van der Waals surface area contributed by atoms with Crippen molar-refractivity contribution in [3.63, 3.8) is 0 Å². The molecule has 0 aliphatic heterocycles. The van der Waals surface area contributed by atoms with Crippen LogP contribution < -0.4 is 0 Å². The first kappa shape index (κ1) is 13.5. The molecule has 0 saturated heterocycles. The van der Waals surface area contributed by atoms with Crippen molar-refractivity contribution in [1.29, 1.82) is 0 Å². The zero-order valence-corrected chi connectivity index (χ0v) is 11.2. The second-order valence-electron chi connectivity index (χ2n) is 5.72. The van der Waals surface area contributed by atoms with Crippen LogP contribution in [0.25, 0.3) is 0 Å². The molecule has 3 heteroatoms. The van der Waals surface area contributed by atoms with E-state index in [0.29, 0.717) is 12.0 Å². The Hall–Kier alpha value is -0.930. The Morgan fingerprint density at radius 3 is 2.78 bits per heavy atom. The maximum Gasteiger partial charge on any atom is 0.126 e. The molecule has 1 fully saturated rings. The van der Waals surface area contributed by atoms with Crippen molar-refractivity contribution in [2.75, 3.05) is 20.6 Å². The van der Waals surface area contributed by atoms with Crippen LogP contribution in [0.2, 0.25) is 0 Å². The summed E-state index contributed by atoms with van der Waals surface area (Å²) in [5, 5.41) is 10.8. The molecule has 1 saturated carbocycles. The van der Waals surface area contributed by atoms with Crippen LogP contribution in [0.5, 0.6) is 0 Å². The molecule has 1 aliphatic rings. The second-order valence-corrected chi connectivity index (χ2v) is 5.72. The van der Waals surface area contributed by atoms with Gasteiger partial charge in [-0.2, -0.15) is 0 Å². The van der Waals surface area contributed by atoms with E-state index in [2.05, 4.69) is 4.90 Å². The SMILES string of the molecule is CN(C)C[C@@H]1CCC[C@]1(O)Cc1ccccc1F. The highest BCUT2D eigenvalue weighted by molar-refractivity contribution is 5.20. The summed E-state index contributed by atoms with van der Waals surface area (Å²) in [5.74, 6) is 0.0357. The van der Waals surface area contributed by atoms with Crippen LogP contribution in [-0.2, 0) is 6.42 Å². The number of nitrogens with zero attached hydrogens (tertiary/aromatic N) is 1. The molecule has 0 spiro atoms. The van der Waals surface area contributed by atoms with E-state index in [1.165, 1.54) is 6.07 Å². The molecule has 1 aromatic rings. The monoisotopic (exact) mass is 251 g/mol. The van der Waals surface area contributed by atoms with Crippen molar-refractivity contribution in [2.24, 2.45) is 5.92 Å². The molecule has 1 aliphatic carbocycles. The first-order chi connectivity index (χ1) is 8.51. The van der Waals surface area contributed by atoms with Gasteiger partial charge in [0.2, 0.25) is 0 Å². The van der Waals surface area contributed by atoms with E-state index in [9.17, 15) is 9.50 Å². The van der Waals surface area contributed by atoms with Gasteiger partial charge in [-0.15, -0.1) is 0 Å². The molecule has 2 nitrogen and oxygen atoms in total. The third-order valence-corrected chi connectivity index (χ3v) is 3.96. The van der Waals surface area contributed by atoms with E-state index < -0.39 is 5.60 Å². The fraction of sp³-hybridized carbons (Fsp3) is 0.600. The number of benzene rings is 1. The van der Waals surface area contributed by atoms with Gasteiger partial charge in [-0.05, 0) is 38.6 Å². The van der Waals surface area contributed by atoms with Crippen molar-refractivity contribution in [2.45, 2.75) is 31.3 Å². The van der Waals surface area contributed by atoms with E-state index in [0.717, 1.165) is 25.8 Å². The lowest BCUT2D eigenvalue weighted by Gasteiger charge is -2.32. The molecular weight excluding hydrogens is 229 g/mol. The fourth-order valence-corrected chi connectivity index (χ4v) is 3.03. The Morgan fingerprint density at radius 1 is 1.39 bits per heavy atom. The molecule has 1 N–H and O–H groups in total. The van der Waals surface area contributed by atoms with Crippen molar-refractivity contribution in [3.8, 4) is 0 Å². The molecule has 0 heterocycles. The molecule has 0 amide bonds. The summed E-state index contributed by atoms with van der Waals surface area (Å²) in [6.07, 6.45) is 3.27. The molecule has 0 bridgehead atoms. The van der Waals surface area contributed by atoms with Crippen molar-refractivity contribution in [1.82, 2.24) is 4.90 Å². The topological polar surface area (TPSA) is 23.5 Å². The zero-order chi connectivity index (χ0) is 13.2. The smallest absolute Gasteiger partial charge is 0.126 e. The highest BCUT2D eigenvalue weighted by Crippen LogP contribution is 2.38. The fourth-order valence-electron chi connectivity index (χ4n) is 3.03. The van der Waals surface area contributed by atoms with E-state index >= 15 is 0 Å². The average Bonchev–Trinajstić information content (AvgIpc) is 2.63. The number of rotatable bonds is 4. The average molecular weight is 251 g/mol. The summed E-state index contributed by atoms with van der Waals surface area (Å²) < 4.78 is 13.7. The van der Waals surface area contributed by atoms with Crippen LogP contribution in [0.4, 0.5) is 4.39 Å². The largest absolute Gasteiger partial charge is 0.389 e. The third-order valence-electron chi connectivity index (χ3n) is 3.96. The summed E-state index contributed by atoms with van der Waals surface area (Å²) in [6, 6.07) is 6.76. The highest BCUT2D eigenvalue weighted by atomic mass is 19.1. The minimum absolute atomic E-state index is 0.207. The van der Waals surface area contributed by atoms with Gasteiger partial charge in [0.05, 0.1) is 5.60 Å². The van der Waals surface area contributed by atoms with Crippen LogP contribution in [0.3, 0.4) is 0 Å². The molecule has 0 radical (unpaired) electrons. The van der Waals surface area contributed by atoms with Gasteiger partial charge >= 0.3 is 0 Å². The number of hydrogen-bond acceptors (Lipinski definition) is 2. The Morgan fingerprint density at radius 2 is 2.11 bits per heavy atom. The Balaban J connectivity index is 2.13. The van der Waals surface area contributed by atoms with Gasteiger partial charge in [-0.1, -0.05) is 24.6 Å².